The Morgan fingerprint density at radius 2 is 2.00 bits per heavy atom. The van der Waals surface area contributed by atoms with E-state index in [0.717, 1.165) is 0 Å². The van der Waals surface area contributed by atoms with Gasteiger partial charge in [0.1, 0.15) is 5.75 Å². The van der Waals surface area contributed by atoms with Crippen molar-refractivity contribution in [1.82, 2.24) is 15.5 Å². The molecule has 26 heavy (non-hydrogen) atoms. The Morgan fingerprint density at radius 1 is 1.35 bits per heavy atom. The van der Waals surface area contributed by atoms with Gasteiger partial charge in [0.2, 0.25) is 11.8 Å². The van der Waals surface area contributed by atoms with Crippen LogP contribution in [-0.2, 0) is 16.1 Å². The van der Waals surface area contributed by atoms with Crippen LogP contribution < -0.4 is 15.4 Å². The Balaban J connectivity index is 1.87. The largest absolute Gasteiger partial charge is 0.573 e. The minimum absolute atomic E-state index is 0.0271. The van der Waals surface area contributed by atoms with Crippen molar-refractivity contribution in [1.29, 1.82) is 0 Å². The summed E-state index contributed by atoms with van der Waals surface area (Å²) in [7, 11) is 0. The maximum atomic E-state index is 12.2. The SMILES string of the molecule is CC(C)N1CCNC(=O)C1CC(=O)NCc1ccc(OC(F)(F)F)cc1. The van der Waals surface area contributed by atoms with Gasteiger partial charge in [-0.3, -0.25) is 14.5 Å². The first kappa shape index (κ1) is 20.0. The van der Waals surface area contributed by atoms with E-state index in [-0.39, 0.29) is 36.6 Å². The van der Waals surface area contributed by atoms with Crippen molar-refractivity contribution in [2.45, 2.75) is 45.3 Å². The summed E-state index contributed by atoms with van der Waals surface area (Å²) >= 11 is 0. The highest BCUT2D eigenvalue weighted by Gasteiger charge is 2.33. The van der Waals surface area contributed by atoms with Gasteiger partial charge in [0.15, 0.2) is 0 Å². The van der Waals surface area contributed by atoms with Crippen LogP contribution in [-0.4, -0.2) is 48.2 Å². The molecule has 0 aliphatic carbocycles. The Hall–Kier alpha value is -2.29. The second-order valence-electron chi connectivity index (χ2n) is 6.31. The molecule has 1 aromatic carbocycles. The number of nitrogens with zero attached hydrogens (tertiary/aromatic N) is 1. The van der Waals surface area contributed by atoms with Crippen molar-refractivity contribution in [3.8, 4) is 5.75 Å². The average molecular weight is 373 g/mol. The summed E-state index contributed by atoms with van der Waals surface area (Å²) in [5, 5.41) is 5.44. The molecule has 9 heteroatoms. The summed E-state index contributed by atoms with van der Waals surface area (Å²) in [5.41, 5.74) is 0.627. The van der Waals surface area contributed by atoms with Gasteiger partial charge in [-0.2, -0.15) is 0 Å². The Bertz CT molecular complexity index is 632. The number of amides is 2. The highest BCUT2D eigenvalue weighted by atomic mass is 19.4. The predicted octanol–water partition coefficient (Wildman–Crippen LogP) is 1.80. The molecule has 1 unspecified atom stereocenters. The zero-order chi connectivity index (χ0) is 19.3. The van der Waals surface area contributed by atoms with Crippen LogP contribution in [0.25, 0.3) is 0 Å². The summed E-state index contributed by atoms with van der Waals surface area (Å²) in [5.74, 6) is -0.791. The number of ether oxygens (including phenoxy) is 1. The molecule has 1 aromatic rings. The van der Waals surface area contributed by atoms with E-state index < -0.39 is 12.4 Å². The number of nitrogens with one attached hydrogen (secondary N) is 2. The van der Waals surface area contributed by atoms with Gasteiger partial charge >= 0.3 is 6.36 Å². The van der Waals surface area contributed by atoms with E-state index in [0.29, 0.717) is 18.7 Å². The van der Waals surface area contributed by atoms with Crippen LogP contribution >= 0.6 is 0 Å². The number of piperazine rings is 1. The number of hydrogen-bond acceptors (Lipinski definition) is 4. The third-order valence-electron chi connectivity index (χ3n) is 4.06. The topological polar surface area (TPSA) is 70.7 Å². The number of carbonyl (C=O) groups is 2. The van der Waals surface area contributed by atoms with Crippen LogP contribution in [0.15, 0.2) is 24.3 Å². The van der Waals surface area contributed by atoms with Gasteiger partial charge in [-0.1, -0.05) is 12.1 Å². The lowest BCUT2D eigenvalue weighted by Crippen LogP contribution is -2.58. The van der Waals surface area contributed by atoms with Crippen LogP contribution in [0.1, 0.15) is 25.8 Å². The number of benzene rings is 1. The Kier molecular flexibility index (Phi) is 6.47. The van der Waals surface area contributed by atoms with E-state index in [4.69, 9.17) is 0 Å². The lowest BCUT2D eigenvalue weighted by Gasteiger charge is -2.37. The van der Waals surface area contributed by atoms with Gasteiger partial charge in [-0.15, -0.1) is 13.2 Å². The van der Waals surface area contributed by atoms with Crippen LogP contribution in [0.2, 0.25) is 0 Å². The maximum Gasteiger partial charge on any atom is 0.573 e. The first-order valence-corrected chi connectivity index (χ1v) is 8.30. The third-order valence-corrected chi connectivity index (χ3v) is 4.06. The fourth-order valence-corrected chi connectivity index (χ4v) is 2.82. The molecular weight excluding hydrogens is 351 g/mol. The minimum Gasteiger partial charge on any atom is -0.406 e. The lowest BCUT2D eigenvalue weighted by atomic mass is 10.1. The molecule has 1 heterocycles. The highest BCUT2D eigenvalue weighted by molar-refractivity contribution is 5.88. The molecule has 0 radical (unpaired) electrons. The van der Waals surface area contributed by atoms with Crippen molar-refractivity contribution in [2.24, 2.45) is 0 Å². The van der Waals surface area contributed by atoms with Crippen LogP contribution in [0.4, 0.5) is 13.2 Å². The number of rotatable bonds is 6. The molecule has 1 aliphatic heterocycles. The van der Waals surface area contributed by atoms with Gasteiger partial charge in [-0.05, 0) is 31.5 Å². The molecule has 6 nitrogen and oxygen atoms in total. The van der Waals surface area contributed by atoms with Crippen molar-refractivity contribution in [2.75, 3.05) is 13.1 Å². The molecule has 0 bridgehead atoms. The predicted molar refractivity (Wildman–Crippen MR) is 88.2 cm³/mol. The van der Waals surface area contributed by atoms with Crippen molar-refractivity contribution >= 4 is 11.8 Å². The number of hydrogen-bond donors (Lipinski definition) is 2. The minimum atomic E-state index is -4.74. The quantitative estimate of drug-likeness (QED) is 0.798. The molecule has 0 saturated carbocycles. The Morgan fingerprint density at radius 3 is 2.58 bits per heavy atom. The molecule has 1 atom stereocenters. The van der Waals surface area contributed by atoms with Gasteiger partial charge in [0, 0.05) is 25.7 Å². The van der Waals surface area contributed by atoms with Gasteiger partial charge in [-0.25, -0.2) is 0 Å². The van der Waals surface area contributed by atoms with E-state index in [1.165, 1.54) is 24.3 Å². The van der Waals surface area contributed by atoms with Gasteiger partial charge < -0.3 is 15.4 Å². The summed E-state index contributed by atoms with van der Waals surface area (Å²) in [6, 6.07) is 4.87. The van der Waals surface area contributed by atoms with Crippen LogP contribution in [0.3, 0.4) is 0 Å². The Labute approximate surface area is 149 Å². The van der Waals surface area contributed by atoms with Gasteiger partial charge in [0.05, 0.1) is 12.5 Å². The maximum absolute atomic E-state index is 12.2. The fourth-order valence-electron chi connectivity index (χ4n) is 2.82. The monoisotopic (exact) mass is 373 g/mol. The third kappa shape index (κ3) is 5.91. The molecule has 0 aromatic heterocycles. The van der Waals surface area contributed by atoms with Crippen molar-refractivity contribution in [3.05, 3.63) is 29.8 Å². The molecule has 1 fully saturated rings. The summed E-state index contributed by atoms with van der Waals surface area (Å²) in [6.07, 6.45) is -4.71. The lowest BCUT2D eigenvalue weighted by molar-refractivity contribution is -0.274. The molecule has 2 amide bonds. The van der Waals surface area contributed by atoms with Gasteiger partial charge in [0.25, 0.3) is 0 Å². The van der Waals surface area contributed by atoms with E-state index in [2.05, 4.69) is 15.4 Å². The van der Waals surface area contributed by atoms with E-state index in [1.54, 1.807) is 0 Å². The average Bonchev–Trinajstić information content (AvgIpc) is 2.54. The molecule has 144 valence electrons. The molecule has 2 rings (SSSR count). The highest BCUT2D eigenvalue weighted by Crippen LogP contribution is 2.22. The van der Waals surface area contributed by atoms with Crippen LogP contribution in [0.5, 0.6) is 5.75 Å². The summed E-state index contributed by atoms with van der Waals surface area (Å²) in [6.45, 7) is 5.33. The fraction of sp³-hybridized carbons (Fsp3) is 0.529. The summed E-state index contributed by atoms with van der Waals surface area (Å²) in [4.78, 5) is 26.2. The zero-order valence-corrected chi connectivity index (χ0v) is 14.6. The molecule has 1 aliphatic rings. The molecule has 1 saturated heterocycles. The van der Waals surface area contributed by atoms with Crippen molar-refractivity contribution in [3.63, 3.8) is 0 Å². The standard InChI is InChI=1S/C17H22F3N3O3/c1-11(2)23-8-7-21-16(25)14(23)9-15(24)22-10-12-3-5-13(6-4-12)26-17(18,19)20/h3-6,11,14H,7-10H2,1-2H3,(H,21,25)(H,22,24). The molecule has 2 N–H and O–H groups in total. The van der Waals surface area contributed by atoms with Crippen molar-refractivity contribution < 1.29 is 27.5 Å². The molecular formula is C17H22F3N3O3. The first-order chi connectivity index (χ1) is 12.2. The van der Waals surface area contributed by atoms with E-state index in [1.807, 2.05) is 18.7 Å². The molecule has 0 spiro atoms. The second-order valence-corrected chi connectivity index (χ2v) is 6.31. The normalized spacial score (nSPS) is 18.5. The van der Waals surface area contributed by atoms with E-state index in [9.17, 15) is 22.8 Å². The summed E-state index contributed by atoms with van der Waals surface area (Å²) < 4.78 is 40.2. The van der Waals surface area contributed by atoms with E-state index >= 15 is 0 Å². The smallest absolute Gasteiger partial charge is 0.406 e. The zero-order valence-electron chi connectivity index (χ0n) is 14.6. The second kappa shape index (κ2) is 8.39. The number of carbonyl (C=O) groups excluding carboxylic acids is 2. The number of halogens is 3. The number of alkyl halides is 3. The van der Waals surface area contributed by atoms with Crippen LogP contribution in [0, 0.1) is 0 Å². The first-order valence-electron chi connectivity index (χ1n) is 8.30.